The quantitative estimate of drug-likeness (QED) is 0.391. The summed E-state index contributed by atoms with van der Waals surface area (Å²) < 4.78 is 22.7. The van der Waals surface area contributed by atoms with Crippen molar-refractivity contribution >= 4 is 49.6 Å². The van der Waals surface area contributed by atoms with Gasteiger partial charge in [-0.3, -0.25) is 4.21 Å². The summed E-state index contributed by atoms with van der Waals surface area (Å²) in [6.07, 6.45) is 0. The molecule has 66 valence electrons. The van der Waals surface area contributed by atoms with Gasteiger partial charge in [-0.25, -0.2) is 0 Å². The van der Waals surface area contributed by atoms with Gasteiger partial charge >= 0.3 is 29.6 Å². The molecule has 0 aliphatic rings. The third-order valence-corrected chi connectivity index (χ3v) is 3.60. The van der Waals surface area contributed by atoms with Crippen molar-refractivity contribution in [3.05, 3.63) is 31.8 Å². The minimum absolute atomic E-state index is 0. The van der Waals surface area contributed by atoms with Crippen LogP contribution in [0.4, 0.5) is 0 Å². The molecule has 1 rings (SSSR count). The molecule has 0 saturated carbocycles. The first kappa shape index (κ1) is 14.5. The smallest absolute Gasteiger partial charge is 0.772 e. The second-order valence-electron chi connectivity index (χ2n) is 2.15. The second kappa shape index (κ2) is 6.92. The van der Waals surface area contributed by atoms with Crippen LogP contribution in [0.25, 0.3) is 0 Å². The Kier molecular flexibility index (Phi) is 7.74. The Labute approximate surface area is 124 Å². The monoisotopic (exact) mass is 382 g/mol. The van der Waals surface area contributed by atoms with Gasteiger partial charge in [0, 0.05) is 13.8 Å². The molecule has 2 nitrogen and oxygen atoms in total. The van der Waals surface area contributed by atoms with E-state index in [1.165, 1.54) is 0 Å². The third-order valence-electron chi connectivity index (χ3n) is 1.32. The van der Waals surface area contributed by atoms with Crippen molar-refractivity contribution in [2.75, 3.05) is 0 Å². The molecule has 0 spiro atoms. The maximum absolute atomic E-state index is 10.4. The van der Waals surface area contributed by atoms with Crippen molar-refractivity contribution < 1.29 is 38.3 Å². The molecular weight excluding hydrogens is 378 g/mol. The Morgan fingerprint density at radius 3 is 2.62 bits per heavy atom. The maximum atomic E-state index is 10.4. The van der Waals surface area contributed by atoms with Gasteiger partial charge in [-0.2, -0.15) is 0 Å². The second-order valence-corrected chi connectivity index (χ2v) is 5.06. The molecule has 0 aliphatic heterocycles. The summed E-state index contributed by atoms with van der Waals surface area (Å²) in [5.74, 6) is 0.0691. The van der Waals surface area contributed by atoms with E-state index in [0.29, 0.717) is 0 Å². The summed E-state index contributed by atoms with van der Waals surface area (Å²) in [5.41, 5.74) is 0.825. The molecule has 0 N–H and O–H groups in total. The van der Waals surface area contributed by atoms with Gasteiger partial charge < -0.3 is 4.55 Å². The van der Waals surface area contributed by atoms with Crippen molar-refractivity contribution in [2.45, 2.75) is 5.75 Å². The summed E-state index contributed by atoms with van der Waals surface area (Å²) in [6, 6.07) is 5.60. The van der Waals surface area contributed by atoms with Gasteiger partial charge in [0.15, 0.2) is 0 Å². The van der Waals surface area contributed by atoms with Gasteiger partial charge in [-0.15, -0.1) is 0 Å². The molecule has 0 bridgehead atoms. The summed E-state index contributed by atoms with van der Waals surface area (Å²) in [6.45, 7) is 0. The predicted molar refractivity (Wildman–Crippen MR) is 59.5 cm³/mol. The van der Waals surface area contributed by atoms with Gasteiger partial charge in [0.2, 0.25) is 0 Å². The molecular formula is C7H5BrINaO2S. The van der Waals surface area contributed by atoms with Gasteiger partial charge in [0.1, 0.15) is 0 Å². The van der Waals surface area contributed by atoms with Crippen molar-refractivity contribution in [1.82, 2.24) is 0 Å². The molecule has 0 heterocycles. The van der Waals surface area contributed by atoms with Gasteiger partial charge in [-0.05, 0) is 40.3 Å². The summed E-state index contributed by atoms with van der Waals surface area (Å²) in [4.78, 5) is 0. The van der Waals surface area contributed by atoms with Gasteiger partial charge in [-0.1, -0.05) is 33.1 Å². The number of hydrogen-bond donors (Lipinski definition) is 0. The fourth-order valence-electron chi connectivity index (χ4n) is 0.788. The van der Waals surface area contributed by atoms with Crippen LogP contribution in [0.3, 0.4) is 0 Å². The largest absolute Gasteiger partial charge is 1.00 e. The molecule has 1 unspecified atom stereocenters. The maximum Gasteiger partial charge on any atom is 1.00 e. The molecule has 0 amide bonds. The summed E-state index contributed by atoms with van der Waals surface area (Å²) >= 11 is 3.39. The fraction of sp³-hybridized carbons (Fsp3) is 0.143. The van der Waals surface area contributed by atoms with E-state index in [1.54, 1.807) is 0 Å². The van der Waals surface area contributed by atoms with Crippen molar-refractivity contribution in [2.24, 2.45) is 0 Å². The number of hydrogen-bond acceptors (Lipinski definition) is 2. The number of halogens is 2. The Hall–Kier alpha value is 1.54. The Morgan fingerprint density at radius 1 is 1.54 bits per heavy atom. The van der Waals surface area contributed by atoms with E-state index >= 15 is 0 Å². The summed E-state index contributed by atoms with van der Waals surface area (Å²) in [7, 11) is 0. The average Bonchev–Trinajstić information content (AvgIpc) is 1.97. The van der Waals surface area contributed by atoms with E-state index in [9.17, 15) is 8.76 Å². The Morgan fingerprint density at radius 2 is 2.15 bits per heavy atom. The third kappa shape index (κ3) is 4.72. The number of rotatable bonds is 2. The first-order chi connectivity index (χ1) is 5.61. The standard InChI is InChI=1S/C7H6BrIO2S.Na/c8-6-2-1-3-7(9)5(6)4-12(10)11;/h1-3H,4H2,(H,10,11);/q;+1/p-1. The van der Waals surface area contributed by atoms with Crippen LogP contribution in [-0.4, -0.2) is 8.76 Å². The van der Waals surface area contributed by atoms with Crippen LogP contribution >= 0.6 is 38.5 Å². The minimum Gasteiger partial charge on any atom is -0.772 e. The van der Waals surface area contributed by atoms with E-state index < -0.39 is 11.1 Å². The Balaban J connectivity index is 0.00000144. The van der Waals surface area contributed by atoms with Crippen LogP contribution in [0.1, 0.15) is 5.56 Å². The molecule has 0 aromatic heterocycles. The van der Waals surface area contributed by atoms with Crippen molar-refractivity contribution in [3.8, 4) is 0 Å². The van der Waals surface area contributed by atoms with E-state index in [1.807, 2.05) is 18.2 Å². The van der Waals surface area contributed by atoms with Crippen LogP contribution in [0.15, 0.2) is 22.7 Å². The summed E-state index contributed by atoms with van der Waals surface area (Å²) in [5, 5.41) is 0. The molecule has 13 heavy (non-hydrogen) atoms. The molecule has 0 aliphatic carbocycles. The first-order valence-corrected chi connectivity index (χ1v) is 6.21. The zero-order chi connectivity index (χ0) is 9.14. The molecule has 6 heteroatoms. The Bertz CT molecular complexity index is 301. The zero-order valence-electron chi connectivity index (χ0n) is 6.92. The SMILES string of the molecule is O=S([O-])Cc1c(Br)cccc1I.[Na+]. The van der Waals surface area contributed by atoms with Crippen molar-refractivity contribution in [1.29, 1.82) is 0 Å². The van der Waals surface area contributed by atoms with Gasteiger partial charge in [0.25, 0.3) is 0 Å². The first-order valence-electron chi connectivity index (χ1n) is 3.10. The molecule has 0 fully saturated rings. The zero-order valence-corrected chi connectivity index (χ0v) is 13.5. The minimum atomic E-state index is -2.02. The van der Waals surface area contributed by atoms with E-state index in [-0.39, 0.29) is 35.3 Å². The molecule has 0 radical (unpaired) electrons. The van der Waals surface area contributed by atoms with Crippen molar-refractivity contribution in [3.63, 3.8) is 0 Å². The van der Waals surface area contributed by atoms with Crippen LogP contribution in [-0.2, 0) is 16.8 Å². The van der Waals surface area contributed by atoms with Gasteiger partial charge in [0.05, 0.1) is 0 Å². The van der Waals surface area contributed by atoms with Crippen LogP contribution in [0, 0.1) is 3.57 Å². The number of benzene rings is 1. The predicted octanol–water partition coefficient (Wildman–Crippen LogP) is -0.563. The molecule has 1 atom stereocenters. The molecule has 1 aromatic rings. The normalized spacial score (nSPS) is 11.9. The fourth-order valence-corrected chi connectivity index (χ4v) is 3.35. The molecule has 0 saturated heterocycles. The van der Waals surface area contributed by atoms with E-state index in [0.717, 1.165) is 13.6 Å². The topological polar surface area (TPSA) is 40.1 Å². The van der Waals surface area contributed by atoms with Crippen LogP contribution in [0.5, 0.6) is 0 Å². The average molecular weight is 383 g/mol. The van der Waals surface area contributed by atoms with E-state index in [4.69, 9.17) is 0 Å². The molecule has 1 aromatic carbocycles. The van der Waals surface area contributed by atoms with E-state index in [2.05, 4.69) is 38.5 Å². The van der Waals surface area contributed by atoms with Crippen LogP contribution < -0.4 is 29.6 Å². The van der Waals surface area contributed by atoms with Crippen LogP contribution in [0.2, 0.25) is 0 Å².